The molecular weight excluding hydrogens is 228 g/mol. The summed E-state index contributed by atoms with van der Waals surface area (Å²) in [4.78, 5) is 6.33. The van der Waals surface area contributed by atoms with Gasteiger partial charge >= 0.3 is 0 Å². The second kappa shape index (κ2) is 5.82. The first kappa shape index (κ1) is 12.8. The Morgan fingerprint density at radius 2 is 2.22 bits per heavy atom. The summed E-state index contributed by atoms with van der Waals surface area (Å²) in [5, 5.41) is 16.8. The maximum atomic E-state index is 9.24. The first-order chi connectivity index (χ1) is 8.74. The third kappa shape index (κ3) is 2.61. The molecule has 0 spiro atoms. The third-order valence-corrected chi connectivity index (χ3v) is 3.46. The average molecular weight is 248 g/mol. The van der Waals surface area contributed by atoms with E-state index in [-0.39, 0.29) is 12.4 Å². The van der Waals surface area contributed by atoms with Gasteiger partial charge in [-0.25, -0.2) is 0 Å². The van der Waals surface area contributed by atoms with Crippen LogP contribution in [0.4, 0.5) is 5.69 Å². The molecule has 0 atom stereocenters. The fourth-order valence-corrected chi connectivity index (χ4v) is 2.66. The molecule has 0 amide bonds. The van der Waals surface area contributed by atoms with Crippen molar-refractivity contribution in [3.8, 4) is 0 Å². The Kier molecular flexibility index (Phi) is 4.15. The number of aromatic nitrogens is 1. The number of nitrogens with two attached hydrogens (primary N) is 1. The number of nitrogen functional groups attached to an aromatic ring is 1. The first-order valence-electron chi connectivity index (χ1n) is 6.41. The maximum Gasteiger partial charge on any atom is 0.143 e. The highest BCUT2D eigenvalue weighted by Crippen LogP contribution is 2.29. The number of amidine groups is 1. The van der Waals surface area contributed by atoms with Crippen LogP contribution in [0.15, 0.2) is 18.3 Å². The van der Waals surface area contributed by atoms with Crippen LogP contribution < -0.4 is 10.6 Å². The molecule has 0 aromatic carbocycles. The number of aliphatic hydroxyl groups is 1. The van der Waals surface area contributed by atoms with Crippen molar-refractivity contribution in [3.63, 3.8) is 0 Å². The predicted octanol–water partition coefficient (Wildman–Crippen LogP) is 1.11. The summed E-state index contributed by atoms with van der Waals surface area (Å²) in [5.41, 5.74) is 6.96. The van der Waals surface area contributed by atoms with E-state index in [0.717, 1.165) is 18.5 Å². The lowest BCUT2D eigenvalue weighted by atomic mass is 10.1. The van der Waals surface area contributed by atoms with Crippen molar-refractivity contribution in [2.75, 3.05) is 18.1 Å². The van der Waals surface area contributed by atoms with E-state index < -0.39 is 0 Å². The molecule has 1 aliphatic carbocycles. The zero-order valence-corrected chi connectivity index (χ0v) is 10.5. The van der Waals surface area contributed by atoms with Crippen molar-refractivity contribution < 1.29 is 5.11 Å². The molecule has 0 radical (unpaired) electrons. The van der Waals surface area contributed by atoms with Gasteiger partial charge in [0.2, 0.25) is 0 Å². The number of aliphatic hydroxyl groups excluding tert-OH is 1. The Morgan fingerprint density at radius 3 is 2.83 bits per heavy atom. The molecular formula is C13H20N4O. The van der Waals surface area contributed by atoms with Crippen LogP contribution in [0, 0.1) is 5.41 Å². The van der Waals surface area contributed by atoms with Gasteiger partial charge in [0.1, 0.15) is 11.5 Å². The molecule has 1 saturated carbocycles. The zero-order valence-electron chi connectivity index (χ0n) is 10.5. The Labute approximate surface area is 107 Å². The second-order valence-corrected chi connectivity index (χ2v) is 4.64. The fourth-order valence-electron chi connectivity index (χ4n) is 2.66. The van der Waals surface area contributed by atoms with E-state index in [1.807, 2.05) is 12.1 Å². The van der Waals surface area contributed by atoms with Crippen LogP contribution in [0.2, 0.25) is 0 Å². The van der Waals surface area contributed by atoms with Gasteiger partial charge in [0, 0.05) is 18.8 Å². The molecule has 0 aliphatic heterocycles. The minimum absolute atomic E-state index is 0.0217. The van der Waals surface area contributed by atoms with E-state index in [9.17, 15) is 5.11 Å². The van der Waals surface area contributed by atoms with Crippen molar-refractivity contribution in [2.24, 2.45) is 5.73 Å². The molecule has 5 nitrogen and oxygen atoms in total. The van der Waals surface area contributed by atoms with E-state index in [4.69, 9.17) is 11.1 Å². The molecule has 1 fully saturated rings. The largest absolute Gasteiger partial charge is 0.395 e. The van der Waals surface area contributed by atoms with Crippen LogP contribution in [0.3, 0.4) is 0 Å². The monoisotopic (exact) mass is 248 g/mol. The van der Waals surface area contributed by atoms with Crippen LogP contribution in [-0.4, -0.2) is 35.1 Å². The molecule has 1 aliphatic rings. The topological polar surface area (TPSA) is 86.2 Å². The summed E-state index contributed by atoms with van der Waals surface area (Å²) in [6, 6.07) is 4.21. The highest BCUT2D eigenvalue weighted by molar-refractivity contribution is 5.98. The number of hydrogen-bond donors (Lipinski definition) is 3. The SMILES string of the molecule is N=C(N)c1ncccc1N(CCO)C1CCCC1. The third-order valence-electron chi connectivity index (χ3n) is 3.46. The Bertz CT molecular complexity index is 415. The van der Waals surface area contributed by atoms with E-state index >= 15 is 0 Å². The molecule has 1 aromatic heterocycles. The lowest BCUT2D eigenvalue weighted by molar-refractivity contribution is 0.297. The van der Waals surface area contributed by atoms with Gasteiger partial charge in [-0.1, -0.05) is 12.8 Å². The highest BCUT2D eigenvalue weighted by Gasteiger charge is 2.24. The van der Waals surface area contributed by atoms with Gasteiger partial charge in [0.15, 0.2) is 0 Å². The summed E-state index contributed by atoms with van der Waals surface area (Å²) in [6.07, 6.45) is 6.36. The predicted molar refractivity (Wildman–Crippen MR) is 71.9 cm³/mol. The molecule has 1 aromatic rings. The second-order valence-electron chi connectivity index (χ2n) is 4.64. The van der Waals surface area contributed by atoms with E-state index in [1.165, 1.54) is 12.8 Å². The summed E-state index contributed by atoms with van der Waals surface area (Å²) in [6.45, 7) is 0.666. The van der Waals surface area contributed by atoms with Crippen molar-refractivity contribution in [2.45, 2.75) is 31.7 Å². The van der Waals surface area contributed by atoms with Crippen LogP contribution >= 0.6 is 0 Å². The molecule has 0 bridgehead atoms. The van der Waals surface area contributed by atoms with Gasteiger partial charge in [0.05, 0.1) is 12.3 Å². The molecule has 98 valence electrons. The van der Waals surface area contributed by atoms with Gasteiger partial charge in [0.25, 0.3) is 0 Å². The standard InChI is InChI=1S/C13H20N4O/c14-13(15)12-11(6-3-7-16-12)17(8-9-18)10-4-1-2-5-10/h3,6-7,10,18H,1-2,4-5,8-9H2,(H3,14,15). The normalized spacial score (nSPS) is 15.8. The van der Waals surface area contributed by atoms with Crippen LogP contribution in [-0.2, 0) is 0 Å². The molecule has 18 heavy (non-hydrogen) atoms. The van der Waals surface area contributed by atoms with Crippen LogP contribution in [0.1, 0.15) is 31.4 Å². The van der Waals surface area contributed by atoms with Crippen molar-refractivity contribution in [1.82, 2.24) is 4.98 Å². The van der Waals surface area contributed by atoms with E-state index in [1.54, 1.807) is 6.20 Å². The number of nitrogens with one attached hydrogen (secondary N) is 1. The molecule has 4 N–H and O–H groups in total. The molecule has 2 rings (SSSR count). The summed E-state index contributed by atoms with van der Waals surface area (Å²) >= 11 is 0. The van der Waals surface area contributed by atoms with Gasteiger partial charge in [-0.05, 0) is 25.0 Å². The number of pyridine rings is 1. The Balaban J connectivity index is 2.32. The quantitative estimate of drug-likeness (QED) is 0.538. The van der Waals surface area contributed by atoms with Gasteiger partial charge in [-0.2, -0.15) is 0 Å². The fraction of sp³-hybridized carbons (Fsp3) is 0.538. The zero-order chi connectivity index (χ0) is 13.0. The number of anilines is 1. The Morgan fingerprint density at radius 1 is 1.50 bits per heavy atom. The lowest BCUT2D eigenvalue weighted by Gasteiger charge is -2.31. The van der Waals surface area contributed by atoms with Crippen LogP contribution in [0.5, 0.6) is 0 Å². The molecule has 0 saturated heterocycles. The van der Waals surface area contributed by atoms with Crippen molar-refractivity contribution in [1.29, 1.82) is 5.41 Å². The highest BCUT2D eigenvalue weighted by atomic mass is 16.3. The van der Waals surface area contributed by atoms with Crippen molar-refractivity contribution in [3.05, 3.63) is 24.0 Å². The minimum atomic E-state index is -0.0217. The molecule has 5 heteroatoms. The summed E-state index contributed by atoms with van der Waals surface area (Å²) < 4.78 is 0. The average Bonchev–Trinajstić information content (AvgIpc) is 2.89. The lowest BCUT2D eigenvalue weighted by Crippen LogP contribution is -2.37. The summed E-state index contributed by atoms with van der Waals surface area (Å²) in [5.74, 6) is -0.0217. The number of nitrogens with zero attached hydrogens (tertiary/aromatic N) is 2. The van der Waals surface area contributed by atoms with Gasteiger partial charge < -0.3 is 15.7 Å². The van der Waals surface area contributed by atoms with E-state index in [2.05, 4.69) is 9.88 Å². The maximum absolute atomic E-state index is 9.24. The van der Waals surface area contributed by atoms with Gasteiger partial charge in [-0.15, -0.1) is 0 Å². The van der Waals surface area contributed by atoms with Crippen molar-refractivity contribution >= 4 is 11.5 Å². The molecule has 0 unspecified atom stereocenters. The molecule has 1 heterocycles. The first-order valence-corrected chi connectivity index (χ1v) is 6.41. The number of hydrogen-bond acceptors (Lipinski definition) is 4. The smallest absolute Gasteiger partial charge is 0.143 e. The van der Waals surface area contributed by atoms with Crippen LogP contribution in [0.25, 0.3) is 0 Å². The number of rotatable bonds is 5. The van der Waals surface area contributed by atoms with E-state index in [0.29, 0.717) is 18.3 Å². The minimum Gasteiger partial charge on any atom is -0.395 e. The Hall–Kier alpha value is -1.62. The summed E-state index contributed by atoms with van der Waals surface area (Å²) in [7, 11) is 0. The van der Waals surface area contributed by atoms with Gasteiger partial charge in [-0.3, -0.25) is 10.4 Å².